The second-order valence-electron chi connectivity index (χ2n) is 4.49. The van der Waals surface area contributed by atoms with Gasteiger partial charge in [-0.3, -0.25) is 0 Å². The fourth-order valence-electron chi connectivity index (χ4n) is 1.86. The molecule has 2 aromatic rings. The van der Waals surface area contributed by atoms with Crippen LogP contribution in [0, 0.1) is 0 Å². The summed E-state index contributed by atoms with van der Waals surface area (Å²) in [5.41, 5.74) is 2.27. The van der Waals surface area contributed by atoms with E-state index in [4.69, 9.17) is 12.2 Å². The van der Waals surface area contributed by atoms with E-state index in [2.05, 4.69) is 29.3 Å². The number of thiocarbonyl (C=S) groups is 1. The lowest BCUT2D eigenvalue weighted by molar-refractivity contribution is 0.408. The highest BCUT2D eigenvalue weighted by molar-refractivity contribution is 7.80. The van der Waals surface area contributed by atoms with Crippen LogP contribution in [0.1, 0.15) is 18.5 Å². The van der Waals surface area contributed by atoms with Crippen LogP contribution in [0.5, 0.6) is 0 Å². The van der Waals surface area contributed by atoms with E-state index in [1.165, 1.54) is 5.56 Å². The molecule has 1 N–H and O–H groups in total. The van der Waals surface area contributed by atoms with Crippen molar-refractivity contribution in [2.24, 2.45) is 0 Å². The maximum atomic E-state index is 5.45. The normalized spacial score (nSPS) is 11.7. The highest BCUT2D eigenvalue weighted by Gasteiger charge is 2.14. The molecule has 0 saturated heterocycles. The van der Waals surface area contributed by atoms with E-state index in [1.54, 1.807) is 0 Å². The molecule has 3 heteroatoms. The van der Waals surface area contributed by atoms with E-state index in [0.717, 1.165) is 10.8 Å². The third-order valence-electron chi connectivity index (χ3n) is 3.21. The van der Waals surface area contributed by atoms with Crippen molar-refractivity contribution in [2.75, 3.05) is 12.4 Å². The SMILES string of the molecule is C[C@H](c1ccccc1)N(C)C(=S)Nc1ccccc1. The third-order valence-corrected chi connectivity index (χ3v) is 3.60. The smallest absolute Gasteiger partial charge is 0.173 e. The number of para-hydroxylation sites is 1. The zero-order chi connectivity index (χ0) is 13.7. The van der Waals surface area contributed by atoms with Gasteiger partial charge < -0.3 is 10.2 Å². The van der Waals surface area contributed by atoms with Gasteiger partial charge >= 0.3 is 0 Å². The van der Waals surface area contributed by atoms with Crippen LogP contribution >= 0.6 is 12.2 Å². The molecule has 0 spiro atoms. The van der Waals surface area contributed by atoms with Crippen molar-refractivity contribution in [3.8, 4) is 0 Å². The first-order valence-corrected chi connectivity index (χ1v) is 6.73. The summed E-state index contributed by atoms with van der Waals surface area (Å²) in [5.74, 6) is 0. The second kappa shape index (κ2) is 6.34. The van der Waals surface area contributed by atoms with Crippen LogP contribution in [0.2, 0.25) is 0 Å². The van der Waals surface area contributed by atoms with Crippen LogP contribution in [0.25, 0.3) is 0 Å². The van der Waals surface area contributed by atoms with Crippen molar-refractivity contribution in [3.63, 3.8) is 0 Å². The maximum absolute atomic E-state index is 5.45. The van der Waals surface area contributed by atoms with Crippen molar-refractivity contribution in [3.05, 3.63) is 66.2 Å². The fourth-order valence-corrected chi connectivity index (χ4v) is 2.14. The number of hydrogen-bond donors (Lipinski definition) is 1. The highest BCUT2D eigenvalue weighted by atomic mass is 32.1. The predicted octanol–water partition coefficient (Wildman–Crippen LogP) is 4.08. The Hall–Kier alpha value is -1.87. The number of nitrogens with one attached hydrogen (secondary N) is 1. The molecule has 2 aromatic carbocycles. The minimum atomic E-state index is 0.241. The van der Waals surface area contributed by atoms with Gasteiger partial charge in [0.05, 0.1) is 6.04 Å². The summed E-state index contributed by atoms with van der Waals surface area (Å²) in [6.45, 7) is 2.15. The van der Waals surface area contributed by atoms with Gasteiger partial charge in [0.2, 0.25) is 0 Å². The Morgan fingerprint density at radius 2 is 1.53 bits per heavy atom. The average molecular weight is 270 g/mol. The Kier molecular flexibility index (Phi) is 4.53. The summed E-state index contributed by atoms with van der Waals surface area (Å²) in [5, 5.41) is 3.97. The summed E-state index contributed by atoms with van der Waals surface area (Å²) < 4.78 is 0. The lowest BCUT2D eigenvalue weighted by Crippen LogP contribution is -2.33. The molecule has 0 heterocycles. The first-order chi connectivity index (χ1) is 9.18. The lowest BCUT2D eigenvalue weighted by Gasteiger charge is -2.28. The molecule has 0 aliphatic heterocycles. The first kappa shape index (κ1) is 13.6. The largest absolute Gasteiger partial charge is 0.345 e. The molecule has 0 amide bonds. The van der Waals surface area contributed by atoms with E-state index in [0.29, 0.717) is 0 Å². The van der Waals surface area contributed by atoms with Gasteiger partial charge in [-0.25, -0.2) is 0 Å². The molecule has 0 saturated carbocycles. The Labute approximate surface area is 120 Å². The van der Waals surface area contributed by atoms with Crippen molar-refractivity contribution < 1.29 is 0 Å². The van der Waals surface area contributed by atoms with E-state index < -0.39 is 0 Å². The maximum Gasteiger partial charge on any atom is 0.173 e. The lowest BCUT2D eigenvalue weighted by atomic mass is 10.1. The summed E-state index contributed by atoms with van der Waals surface area (Å²) >= 11 is 5.45. The Morgan fingerprint density at radius 3 is 2.11 bits per heavy atom. The van der Waals surface area contributed by atoms with E-state index >= 15 is 0 Å². The molecule has 2 rings (SSSR count). The molecular formula is C16H18N2S. The summed E-state index contributed by atoms with van der Waals surface area (Å²) in [6.07, 6.45) is 0. The molecule has 0 bridgehead atoms. The molecule has 0 aliphatic rings. The Morgan fingerprint density at radius 1 is 1.00 bits per heavy atom. The standard InChI is InChI=1S/C16H18N2S/c1-13(14-9-5-3-6-10-14)18(2)16(19)17-15-11-7-4-8-12-15/h3-13H,1-2H3,(H,17,19)/t13-/m1/s1. The van der Waals surface area contributed by atoms with E-state index in [-0.39, 0.29) is 6.04 Å². The minimum Gasteiger partial charge on any atom is -0.345 e. The summed E-state index contributed by atoms with van der Waals surface area (Å²) in [4.78, 5) is 2.07. The first-order valence-electron chi connectivity index (χ1n) is 6.32. The molecule has 98 valence electrons. The molecule has 1 atom stereocenters. The van der Waals surface area contributed by atoms with Gasteiger partial charge in [-0.1, -0.05) is 48.5 Å². The molecule has 0 radical (unpaired) electrons. The van der Waals surface area contributed by atoms with Crippen molar-refractivity contribution in [1.29, 1.82) is 0 Å². The van der Waals surface area contributed by atoms with Crippen molar-refractivity contribution in [2.45, 2.75) is 13.0 Å². The van der Waals surface area contributed by atoms with Gasteiger partial charge in [-0.15, -0.1) is 0 Å². The van der Waals surface area contributed by atoms with Crippen LogP contribution in [-0.4, -0.2) is 17.1 Å². The predicted molar refractivity (Wildman–Crippen MR) is 85.3 cm³/mol. The molecule has 0 aromatic heterocycles. The minimum absolute atomic E-state index is 0.241. The van der Waals surface area contributed by atoms with E-state index in [1.807, 2.05) is 55.6 Å². The third kappa shape index (κ3) is 3.55. The molecule has 19 heavy (non-hydrogen) atoms. The topological polar surface area (TPSA) is 15.3 Å². The van der Waals surface area contributed by atoms with Gasteiger partial charge in [0.15, 0.2) is 5.11 Å². The number of anilines is 1. The van der Waals surface area contributed by atoms with Crippen LogP contribution in [0.3, 0.4) is 0 Å². The average Bonchev–Trinajstić information content (AvgIpc) is 2.47. The Bertz CT molecular complexity index is 525. The summed E-state index contributed by atoms with van der Waals surface area (Å²) in [7, 11) is 2.01. The van der Waals surface area contributed by atoms with Crippen LogP contribution in [0.15, 0.2) is 60.7 Å². The van der Waals surface area contributed by atoms with Crippen molar-refractivity contribution in [1.82, 2.24) is 4.90 Å². The molecule has 0 fully saturated rings. The quantitative estimate of drug-likeness (QED) is 0.846. The van der Waals surface area contributed by atoms with Gasteiger partial charge in [0.1, 0.15) is 0 Å². The molecule has 0 unspecified atom stereocenters. The second-order valence-corrected chi connectivity index (χ2v) is 4.88. The van der Waals surface area contributed by atoms with Gasteiger partial charge in [0.25, 0.3) is 0 Å². The zero-order valence-electron chi connectivity index (χ0n) is 11.2. The summed E-state index contributed by atoms with van der Waals surface area (Å²) in [6, 6.07) is 20.6. The van der Waals surface area contributed by atoms with Crippen LogP contribution in [-0.2, 0) is 0 Å². The Balaban J connectivity index is 2.03. The fraction of sp³-hybridized carbons (Fsp3) is 0.188. The van der Waals surface area contributed by atoms with E-state index in [9.17, 15) is 0 Å². The van der Waals surface area contributed by atoms with Gasteiger partial charge in [-0.2, -0.15) is 0 Å². The molecule has 2 nitrogen and oxygen atoms in total. The van der Waals surface area contributed by atoms with Crippen LogP contribution < -0.4 is 5.32 Å². The zero-order valence-corrected chi connectivity index (χ0v) is 12.0. The monoisotopic (exact) mass is 270 g/mol. The van der Waals surface area contributed by atoms with Crippen LogP contribution in [0.4, 0.5) is 5.69 Å². The number of rotatable bonds is 3. The van der Waals surface area contributed by atoms with Gasteiger partial charge in [0, 0.05) is 12.7 Å². The number of benzene rings is 2. The van der Waals surface area contributed by atoms with Crippen molar-refractivity contribution >= 4 is 23.0 Å². The number of nitrogens with zero attached hydrogens (tertiary/aromatic N) is 1. The molecular weight excluding hydrogens is 252 g/mol. The highest BCUT2D eigenvalue weighted by Crippen LogP contribution is 2.19. The number of hydrogen-bond acceptors (Lipinski definition) is 1. The van der Waals surface area contributed by atoms with Gasteiger partial charge in [-0.05, 0) is 36.8 Å². The molecule has 0 aliphatic carbocycles.